The first-order chi connectivity index (χ1) is 13.0. The number of hydrogen-bond donors (Lipinski definition) is 2. The summed E-state index contributed by atoms with van der Waals surface area (Å²) in [5.41, 5.74) is 10.7. The zero-order valence-corrected chi connectivity index (χ0v) is 15.9. The second-order valence-corrected chi connectivity index (χ2v) is 7.69. The molecule has 2 heterocycles. The largest absolute Gasteiger partial charge is 0.396 e. The summed E-state index contributed by atoms with van der Waals surface area (Å²) in [5, 5.41) is 21.0. The molecule has 0 spiro atoms. The van der Waals surface area contributed by atoms with Crippen LogP contribution in [0.4, 0.5) is 5.69 Å². The van der Waals surface area contributed by atoms with Crippen molar-refractivity contribution in [3.8, 4) is 17.2 Å². The summed E-state index contributed by atoms with van der Waals surface area (Å²) in [6, 6.07) is 6.44. The Morgan fingerprint density at radius 3 is 2.85 bits per heavy atom. The minimum atomic E-state index is -0.276. The number of aliphatic hydroxyl groups excluding tert-OH is 1. The molecule has 0 unspecified atom stereocenters. The lowest BCUT2D eigenvalue weighted by atomic mass is 9.92. The topological polar surface area (TPSA) is 87.9 Å². The number of rotatable bonds is 2. The quantitative estimate of drug-likeness (QED) is 0.680. The molecular weight excluding hydrogens is 360 g/mol. The number of aryl methyl sites for hydroxylation is 1. The fourth-order valence-electron chi connectivity index (χ4n) is 4.08. The van der Waals surface area contributed by atoms with E-state index in [2.05, 4.69) is 21.8 Å². The molecule has 3 N–H and O–H groups in total. The Hall–Kier alpha value is -2.55. The number of anilines is 1. The number of hydrogen-bond acceptors (Lipinski definition) is 4. The van der Waals surface area contributed by atoms with Crippen molar-refractivity contribution in [1.82, 2.24) is 9.55 Å². The maximum absolute atomic E-state index is 10.2. The Morgan fingerprint density at radius 2 is 2.11 bits per heavy atom. The smallest absolute Gasteiger partial charge is 0.0994 e. The minimum Gasteiger partial charge on any atom is -0.396 e. The first kappa shape index (κ1) is 17.8. The molecule has 0 saturated heterocycles. The number of nitriles is 1. The van der Waals surface area contributed by atoms with Crippen LogP contribution >= 0.6 is 11.6 Å². The van der Waals surface area contributed by atoms with E-state index in [1.165, 1.54) is 6.20 Å². The fraction of sp³-hybridized carbons (Fsp3) is 0.333. The van der Waals surface area contributed by atoms with Crippen LogP contribution in [0.5, 0.6) is 0 Å². The van der Waals surface area contributed by atoms with Gasteiger partial charge in [-0.25, -0.2) is 0 Å². The average Bonchev–Trinajstić information content (AvgIpc) is 3.01. The Kier molecular flexibility index (Phi) is 4.55. The SMILES string of the molecule is Cc1cc2c(cc1C#N)c(-c1cncc(N)c1Cl)cn2[C@@H]1CCC[C@H](O)C1. The standard InChI is InChI=1S/C21H21ClN4O/c1-12-5-20-16(6-13(12)8-23)18(17-9-25-10-19(24)21(17)22)11-26(20)14-3-2-4-15(27)7-14/h5-6,9-11,14-15,27H,2-4,7,24H2,1H3/t14-,15+/m1/s1. The molecule has 5 nitrogen and oxygen atoms in total. The van der Waals surface area contributed by atoms with Gasteiger partial charge in [-0.1, -0.05) is 11.6 Å². The van der Waals surface area contributed by atoms with Gasteiger partial charge in [0, 0.05) is 40.5 Å². The Morgan fingerprint density at radius 1 is 1.30 bits per heavy atom. The van der Waals surface area contributed by atoms with Crippen LogP contribution in [-0.2, 0) is 0 Å². The molecule has 0 aliphatic heterocycles. The molecule has 1 aromatic carbocycles. The van der Waals surface area contributed by atoms with Gasteiger partial charge in [0.25, 0.3) is 0 Å². The molecule has 4 rings (SSSR count). The molecule has 1 aliphatic rings. The lowest BCUT2D eigenvalue weighted by Crippen LogP contribution is -2.22. The third kappa shape index (κ3) is 3.05. The van der Waals surface area contributed by atoms with Gasteiger partial charge in [-0.2, -0.15) is 5.26 Å². The summed E-state index contributed by atoms with van der Waals surface area (Å²) in [6.45, 7) is 1.94. The maximum atomic E-state index is 10.2. The molecule has 2 aromatic heterocycles. The minimum absolute atomic E-state index is 0.213. The molecule has 6 heteroatoms. The second kappa shape index (κ2) is 6.88. The van der Waals surface area contributed by atoms with Crippen molar-refractivity contribution < 1.29 is 5.11 Å². The van der Waals surface area contributed by atoms with Crippen LogP contribution < -0.4 is 5.73 Å². The molecular formula is C21H21ClN4O. The Balaban J connectivity index is 1.98. The summed E-state index contributed by atoms with van der Waals surface area (Å²) in [5.74, 6) is 0. The molecule has 1 fully saturated rings. The molecule has 2 atom stereocenters. The number of aromatic nitrogens is 2. The van der Waals surface area contributed by atoms with Gasteiger partial charge in [0.2, 0.25) is 0 Å². The maximum Gasteiger partial charge on any atom is 0.0994 e. The van der Waals surface area contributed by atoms with E-state index in [4.69, 9.17) is 17.3 Å². The van der Waals surface area contributed by atoms with Gasteiger partial charge in [0.1, 0.15) is 0 Å². The number of benzene rings is 1. The number of nitrogens with two attached hydrogens (primary N) is 1. The van der Waals surface area contributed by atoms with Gasteiger partial charge >= 0.3 is 0 Å². The van der Waals surface area contributed by atoms with Gasteiger partial charge in [-0.3, -0.25) is 4.98 Å². The third-order valence-electron chi connectivity index (χ3n) is 5.51. The van der Waals surface area contributed by atoms with Crippen LogP contribution in [0.1, 0.15) is 42.9 Å². The van der Waals surface area contributed by atoms with Crippen LogP contribution in [0.2, 0.25) is 5.02 Å². The van der Waals surface area contributed by atoms with Crippen molar-refractivity contribution in [2.45, 2.75) is 44.8 Å². The monoisotopic (exact) mass is 380 g/mol. The Labute approximate surface area is 163 Å². The van der Waals surface area contributed by atoms with Gasteiger partial charge < -0.3 is 15.4 Å². The lowest BCUT2D eigenvalue weighted by molar-refractivity contribution is 0.105. The third-order valence-corrected chi connectivity index (χ3v) is 5.93. The molecule has 0 amide bonds. The van der Waals surface area contributed by atoms with E-state index in [9.17, 15) is 10.4 Å². The van der Waals surface area contributed by atoms with E-state index in [1.54, 1.807) is 6.20 Å². The van der Waals surface area contributed by atoms with Gasteiger partial charge in [0.05, 0.1) is 34.6 Å². The van der Waals surface area contributed by atoms with Crippen molar-refractivity contribution >= 4 is 28.2 Å². The van der Waals surface area contributed by atoms with E-state index in [0.29, 0.717) is 16.3 Å². The molecule has 0 radical (unpaired) electrons. The van der Waals surface area contributed by atoms with Crippen molar-refractivity contribution in [1.29, 1.82) is 5.26 Å². The van der Waals surface area contributed by atoms with Gasteiger partial charge in [0.15, 0.2) is 0 Å². The van der Waals surface area contributed by atoms with E-state index in [0.717, 1.165) is 53.3 Å². The Bertz CT molecular complexity index is 1070. The number of pyridine rings is 1. The highest BCUT2D eigenvalue weighted by atomic mass is 35.5. The van der Waals surface area contributed by atoms with Gasteiger partial charge in [-0.15, -0.1) is 0 Å². The molecule has 1 aliphatic carbocycles. The van der Waals surface area contributed by atoms with Crippen LogP contribution in [0, 0.1) is 18.3 Å². The van der Waals surface area contributed by atoms with E-state index < -0.39 is 0 Å². The highest BCUT2D eigenvalue weighted by Crippen LogP contribution is 2.41. The summed E-state index contributed by atoms with van der Waals surface area (Å²) in [6.07, 6.45) is 8.62. The first-order valence-electron chi connectivity index (χ1n) is 9.12. The van der Waals surface area contributed by atoms with E-state index >= 15 is 0 Å². The highest BCUT2D eigenvalue weighted by Gasteiger charge is 2.25. The first-order valence-corrected chi connectivity index (χ1v) is 9.50. The van der Waals surface area contributed by atoms with Crippen LogP contribution in [0.3, 0.4) is 0 Å². The van der Waals surface area contributed by atoms with Crippen molar-refractivity contribution in [3.63, 3.8) is 0 Å². The molecule has 0 bridgehead atoms. The second-order valence-electron chi connectivity index (χ2n) is 7.31. The zero-order valence-electron chi connectivity index (χ0n) is 15.1. The molecule has 1 saturated carbocycles. The average molecular weight is 381 g/mol. The van der Waals surface area contributed by atoms with E-state index in [1.807, 2.05) is 19.1 Å². The van der Waals surface area contributed by atoms with Gasteiger partial charge in [-0.05, 0) is 50.3 Å². The zero-order chi connectivity index (χ0) is 19.1. The van der Waals surface area contributed by atoms with Crippen LogP contribution in [-0.4, -0.2) is 20.8 Å². The van der Waals surface area contributed by atoms with Crippen LogP contribution in [0.25, 0.3) is 22.0 Å². The lowest BCUT2D eigenvalue weighted by Gasteiger charge is -2.28. The molecule has 138 valence electrons. The summed E-state index contributed by atoms with van der Waals surface area (Å²) < 4.78 is 2.22. The van der Waals surface area contributed by atoms with E-state index in [-0.39, 0.29) is 12.1 Å². The van der Waals surface area contributed by atoms with Crippen molar-refractivity contribution in [2.75, 3.05) is 5.73 Å². The van der Waals surface area contributed by atoms with Crippen LogP contribution in [0.15, 0.2) is 30.7 Å². The summed E-state index contributed by atoms with van der Waals surface area (Å²) >= 11 is 6.47. The number of aliphatic hydroxyl groups is 1. The fourth-order valence-corrected chi connectivity index (χ4v) is 4.28. The number of nitrogen functional groups attached to an aromatic ring is 1. The molecule has 3 aromatic rings. The highest BCUT2D eigenvalue weighted by molar-refractivity contribution is 6.36. The number of fused-ring (bicyclic) bond motifs is 1. The van der Waals surface area contributed by atoms with Crippen molar-refractivity contribution in [3.05, 3.63) is 46.9 Å². The number of halogens is 1. The summed E-state index contributed by atoms with van der Waals surface area (Å²) in [7, 11) is 0. The predicted octanol–water partition coefficient (Wildman–Crippen LogP) is 4.60. The predicted molar refractivity (Wildman–Crippen MR) is 108 cm³/mol. The number of nitrogens with zero attached hydrogens (tertiary/aromatic N) is 3. The summed E-state index contributed by atoms with van der Waals surface area (Å²) in [4.78, 5) is 4.20. The van der Waals surface area contributed by atoms with Crippen molar-refractivity contribution in [2.24, 2.45) is 0 Å². The normalized spacial score (nSPS) is 19.9. The molecule has 27 heavy (non-hydrogen) atoms.